The molecule has 1 N–H and O–H groups in total. The highest BCUT2D eigenvalue weighted by Crippen LogP contribution is 2.27. The summed E-state index contributed by atoms with van der Waals surface area (Å²) in [5.74, 6) is 1.62. The molecule has 2 aromatic rings. The Bertz CT molecular complexity index is 806. The molecule has 0 bridgehead atoms. The minimum Gasteiger partial charge on any atom is -0.496 e. The van der Waals surface area contributed by atoms with Gasteiger partial charge in [0.05, 0.1) is 26.0 Å². The molecule has 150 valence electrons. The van der Waals surface area contributed by atoms with Crippen molar-refractivity contribution in [2.45, 2.75) is 32.4 Å². The Morgan fingerprint density at radius 2 is 1.96 bits per heavy atom. The Morgan fingerprint density at radius 3 is 2.68 bits per heavy atom. The summed E-state index contributed by atoms with van der Waals surface area (Å²) in [6.45, 7) is 4.24. The highest BCUT2D eigenvalue weighted by atomic mass is 32.1. The summed E-state index contributed by atoms with van der Waals surface area (Å²) in [6, 6.07) is 14.0. The van der Waals surface area contributed by atoms with Gasteiger partial charge in [0.1, 0.15) is 11.5 Å². The fourth-order valence-electron chi connectivity index (χ4n) is 3.41. The highest BCUT2D eigenvalue weighted by Gasteiger charge is 2.22. The van der Waals surface area contributed by atoms with Gasteiger partial charge in [0.2, 0.25) is 0 Å². The second kappa shape index (κ2) is 9.75. The van der Waals surface area contributed by atoms with E-state index >= 15 is 0 Å². The first-order valence-electron chi connectivity index (χ1n) is 9.54. The molecule has 1 fully saturated rings. The van der Waals surface area contributed by atoms with E-state index in [0.29, 0.717) is 11.7 Å². The number of para-hydroxylation sites is 1. The first kappa shape index (κ1) is 20.4. The van der Waals surface area contributed by atoms with Crippen molar-refractivity contribution < 1.29 is 14.2 Å². The molecule has 1 saturated heterocycles. The standard InChI is InChI=1S/C22H28N2O3S/c1-16-10-11-21(26-3)19(13-16)23-22(28)24(15-18-8-6-12-27-18)14-17-7-4-5-9-20(17)25-2/h4-5,7,9-11,13,18H,6,8,12,14-15H2,1-3H3,(H,23,28). The predicted octanol–water partition coefficient (Wildman–Crippen LogP) is 4.39. The maximum atomic E-state index is 5.86. The van der Waals surface area contributed by atoms with Crippen LogP contribution in [0.25, 0.3) is 0 Å². The average molecular weight is 401 g/mol. The Labute approximate surface area is 172 Å². The van der Waals surface area contributed by atoms with Crippen molar-refractivity contribution in [3.8, 4) is 11.5 Å². The minimum absolute atomic E-state index is 0.189. The van der Waals surface area contributed by atoms with E-state index in [9.17, 15) is 0 Å². The van der Waals surface area contributed by atoms with Crippen LogP contribution in [-0.4, -0.2) is 43.5 Å². The van der Waals surface area contributed by atoms with Gasteiger partial charge >= 0.3 is 0 Å². The van der Waals surface area contributed by atoms with Gasteiger partial charge in [-0.3, -0.25) is 0 Å². The first-order chi connectivity index (χ1) is 13.6. The number of aryl methyl sites for hydroxylation is 1. The van der Waals surface area contributed by atoms with E-state index in [1.54, 1.807) is 14.2 Å². The molecule has 6 heteroatoms. The molecule has 28 heavy (non-hydrogen) atoms. The number of anilines is 1. The van der Waals surface area contributed by atoms with E-state index in [1.807, 2.05) is 43.3 Å². The van der Waals surface area contributed by atoms with Crippen LogP contribution in [0.15, 0.2) is 42.5 Å². The van der Waals surface area contributed by atoms with Crippen molar-refractivity contribution >= 4 is 23.0 Å². The maximum Gasteiger partial charge on any atom is 0.173 e. The van der Waals surface area contributed by atoms with Crippen LogP contribution in [0.1, 0.15) is 24.0 Å². The van der Waals surface area contributed by atoms with Crippen molar-refractivity contribution in [1.29, 1.82) is 0 Å². The summed E-state index contributed by atoms with van der Waals surface area (Å²) in [4.78, 5) is 2.14. The van der Waals surface area contributed by atoms with Gasteiger partial charge in [-0.15, -0.1) is 0 Å². The van der Waals surface area contributed by atoms with Crippen molar-refractivity contribution in [3.63, 3.8) is 0 Å². The van der Waals surface area contributed by atoms with Gasteiger partial charge in [-0.1, -0.05) is 24.3 Å². The van der Waals surface area contributed by atoms with Crippen LogP contribution >= 0.6 is 12.2 Å². The summed E-state index contributed by atoms with van der Waals surface area (Å²) in [5, 5.41) is 4.01. The van der Waals surface area contributed by atoms with E-state index in [4.69, 9.17) is 26.4 Å². The fraction of sp³-hybridized carbons (Fsp3) is 0.409. The van der Waals surface area contributed by atoms with Crippen molar-refractivity contribution in [2.75, 3.05) is 32.7 Å². The number of ether oxygens (including phenoxy) is 3. The third kappa shape index (κ3) is 5.14. The topological polar surface area (TPSA) is 43.0 Å². The molecule has 0 amide bonds. The Kier molecular flexibility index (Phi) is 7.12. The van der Waals surface area contributed by atoms with Crippen LogP contribution in [0.2, 0.25) is 0 Å². The van der Waals surface area contributed by atoms with Gasteiger partial charge in [-0.05, 0) is 55.7 Å². The van der Waals surface area contributed by atoms with E-state index < -0.39 is 0 Å². The smallest absolute Gasteiger partial charge is 0.173 e. The monoisotopic (exact) mass is 400 g/mol. The van der Waals surface area contributed by atoms with Gasteiger partial charge in [0.15, 0.2) is 5.11 Å². The normalized spacial score (nSPS) is 15.9. The lowest BCUT2D eigenvalue weighted by molar-refractivity contribution is 0.0903. The van der Waals surface area contributed by atoms with Gasteiger partial charge < -0.3 is 24.4 Å². The van der Waals surface area contributed by atoms with Gasteiger partial charge in [0.25, 0.3) is 0 Å². The molecule has 5 nitrogen and oxygen atoms in total. The van der Waals surface area contributed by atoms with E-state index in [-0.39, 0.29) is 6.10 Å². The average Bonchev–Trinajstić information content (AvgIpc) is 3.21. The third-order valence-electron chi connectivity index (χ3n) is 4.89. The summed E-state index contributed by atoms with van der Waals surface area (Å²) in [7, 11) is 3.36. The Morgan fingerprint density at radius 1 is 1.18 bits per heavy atom. The third-order valence-corrected chi connectivity index (χ3v) is 5.25. The molecule has 1 atom stereocenters. The molecular weight excluding hydrogens is 372 g/mol. The molecule has 0 radical (unpaired) electrons. The first-order valence-corrected chi connectivity index (χ1v) is 9.95. The lowest BCUT2D eigenvalue weighted by atomic mass is 10.1. The molecular formula is C22H28N2O3S. The second-order valence-electron chi connectivity index (χ2n) is 6.96. The zero-order valence-corrected chi connectivity index (χ0v) is 17.6. The van der Waals surface area contributed by atoms with Crippen LogP contribution in [0.4, 0.5) is 5.69 Å². The SMILES string of the molecule is COc1ccccc1CN(CC1CCCO1)C(=S)Nc1cc(C)ccc1OC. The number of rotatable bonds is 7. The fourth-order valence-corrected chi connectivity index (χ4v) is 3.66. The summed E-state index contributed by atoms with van der Waals surface area (Å²) in [6.07, 6.45) is 2.34. The molecule has 0 saturated carbocycles. The molecule has 3 rings (SSSR count). The maximum absolute atomic E-state index is 5.86. The van der Waals surface area contributed by atoms with E-state index in [2.05, 4.69) is 16.3 Å². The number of hydrogen-bond donors (Lipinski definition) is 1. The van der Waals surface area contributed by atoms with E-state index in [1.165, 1.54) is 0 Å². The number of nitrogens with zero attached hydrogens (tertiary/aromatic N) is 1. The second-order valence-corrected chi connectivity index (χ2v) is 7.35. The zero-order chi connectivity index (χ0) is 19.9. The predicted molar refractivity (Wildman–Crippen MR) is 116 cm³/mol. The highest BCUT2D eigenvalue weighted by molar-refractivity contribution is 7.80. The Balaban J connectivity index is 1.81. The number of nitrogens with one attached hydrogen (secondary N) is 1. The van der Waals surface area contributed by atoms with Gasteiger partial charge in [-0.25, -0.2) is 0 Å². The van der Waals surface area contributed by atoms with Crippen LogP contribution in [0, 0.1) is 6.92 Å². The molecule has 1 aliphatic rings. The van der Waals surface area contributed by atoms with Crippen LogP contribution in [0.5, 0.6) is 11.5 Å². The van der Waals surface area contributed by atoms with Crippen LogP contribution < -0.4 is 14.8 Å². The molecule has 0 aliphatic carbocycles. The number of thiocarbonyl (C=S) groups is 1. The largest absolute Gasteiger partial charge is 0.496 e. The zero-order valence-electron chi connectivity index (χ0n) is 16.7. The van der Waals surface area contributed by atoms with Crippen molar-refractivity contribution in [1.82, 2.24) is 4.90 Å². The minimum atomic E-state index is 0.189. The van der Waals surface area contributed by atoms with Gasteiger partial charge in [-0.2, -0.15) is 0 Å². The Hall–Kier alpha value is -2.31. The van der Waals surface area contributed by atoms with Crippen LogP contribution in [0.3, 0.4) is 0 Å². The van der Waals surface area contributed by atoms with Crippen molar-refractivity contribution in [2.24, 2.45) is 0 Å². The lowest BCUT2D eigenvalue weighted by Crippen LogP contribution is -2.39. The summed E-state index contributed by atoms with van der Waals surface area (Å²) >= 11 is 5.78. The quantitative estimate of drug-likeness (QED) is 0.696. The number of hydrogen-bond acceptors (Lipinski definition) is 4. The lowest BCUT2D eigenvalue weighted by Gasteiger charge is -2.29. The number of benzene rings is 2. The molecule has 2 aromatic carbocycles. The van der Waals surface area contributed by atoms with E-state index in [0.717, 1.165) is 54.3 Å². The van der Waals surface area contributed by atoms with Crippen molar-refractivity contribution in [3.05, 3.63) is 53.6 Å². The molecule has 1 unspecified atom stereocenters. The number of methoxy groups -OCH3 is 2. The molecule has 1 heterocycles. The summed E-state index contributed by atoms with van der Waals surface area (Å²) in [5.41, 5.74) is 3.09. The molecule has 1 aliphatic heterocycles. The van der Waals surface area contributed by atoms with Gasteiger partial charge in [0, 0.05) is 25.3 Å². The van der Waals surface area contributed by atoms with Crippen LogP contribution in [-0.2, 0) is 11.3 Å². The molecule has 0 aromatic heterocycles. The summed E-state index contributed by atoms with van der Waals surface area (Å²) < 4.78 is 16.9. The molecule has 0 spiro atoms.